The fourth-order valence-corrected chi connectivity index (χ4v) is 2.74. The molecule has 1 N–H and O–H groups in total. The minimum Gasteiger partial charge on any atom is -0.317 e. The Bertz CT molecular complexity index is 298. The molecule has 2 rings (SSSR count). The number of hydrogen-bond acceptors (Lipinski definition) is 4. The van der Waals surface area contributed by atoms with Crippen LogP contribution < -0.4 is 5.32 Å². The van der Waals surface area contributed by atoms with Crippen LogP contribution in [0, 0.1) is 5.92 Å². The Balaban J connectivity index is 1.79. The van der Waals surface area contributed by atoms with Crippen LogP contribution in [-0.2, 0) is 0 Å². The van der Waals surface area contributed by atoms with Gasteiger partial charge in [0, 0.05) is 5.75 Å². The van der Waals surface area contributed by atoms with Gasteiger partial charge in [0.25, 0.3) is 0 Å². The van der Waals surface area contributed by atoms with Crippen LogP contribution in [0.1, 0.15) is 12.8 Å². The molecule has 0 atom stereocenters. The van der Waals surface area contributed by atoms with E-state index in [4.69, 9.17) is 11.6 Å². The molecule has 0 saturated carbocycles. The third kappa shape index (κ3) is 3.63. The second-order valence-corrected chi connectivity index (χ2v) is 5.13. The Morgan fingerprint density at radius 2 is 2.13 bits per heavy atom. The first-order valence-corrected chi connectivity index (χ1v) is 6.54. The van der Waals surface area contributed by atoms with Crippen molar-refractivity contribution in [2.24, 2.45) is 5.92 Å². The molecule has 1 aliphatic rings. The summed E-state index contributed by atoms with van der Waals surface area (Å²) in [5.74, 6) is 1.95. The van der Waals surface area contributed by atoms with Crippen molar-refractivity contribution in [1.29, 1.82) is 0 Å². The normalized spacial score (nSPS) is 17.9. The van der Waals surface area contributed by atoms with E-state index in [-0.39, 0.29) is 0 Å². The summed E-state index contributed by atoms with van der Waals surface area (Å²) in [6.07, 6.45) is 2.54. The molecule has 0 aromatic carbocycles. The lowest BCUT2D eigenvalue weighted by molar-refractivity contribution is 0.408. The summed E-state index contributed by atoms with van der Waals surface area (Å²) in [5.41, 5.74) is 0. The Kier molecular flexibility index (Phi) is 4.23. The highest BCUT2D eigenvalue weighted by atomic mass is 35.5. The molecule has 0 spiro atoms. The smallest absolute Gasteiger partial charge is 0.151 e. The van der Waals surface area contributed by atoms with E-state index in [1.54, 1.807) is 17.8 Å². The summed E-state index contributed by atoms with van der Waals surface area (Å²) in [5, 5.41) is 12.6. The zero-order chi connectivity index (χ0) is 10.5. The van der Waals surface area contributed by atoms with E-state index in [1.165, 1.54) is 12.8 Å². The molecule has 1 aromatic rings. The van der Waals surface area contributed by atoms with Crippen LogP contribution in [0.2, 0.25) is 5.15 Å². The van der Waals surface area contributed by atoms with E-state index in [0.29, 0.717) is 5.15 Å². The molecule has 3 nitrogen and oxygen atoms in total. The van der Waals surface area contributed by atoms with Gasteiger partial charge in [-0.1, -0.05) is 11.6 Å². The molecule has 5 heteroatoms. The van der Waals surface area contributed by atoms with Crippen LogP contribution in [0.15, 0.2) is 17.2 Å². The van der Waals surface area contributed by atoms with Crippen molar-refractivity contribution in [2.75, 3.05) is 18.8 Å². The first-order valence-electron chi connectivity index (χ1n) is 5.17. The highest BCUT2D eigenvalue weighted by Gasteiger charge is 2.13. The maximum absolute atomic E-state index is 5.67. The molecule has 0 unspecified atom stereocenters. The molecule has 82 valence electrons. The van der Waals surface area contributed by atoms with Crippen molar-refractivity contribution in [3.05, 3.63) is 17.3 Å². The summed E-state index contributed by atoms with van der Waals surface area (Å²) in [4.78, 5) is 0. The van der Waals surface area contributed by atoms with Crippen molar-refractivity contribution in [2.45, 2.75) is 17.9 Å². The molecule has 15 heavy (non-hydrogen) atoms. The fourth-order valence-electron chi connectivity index (χ4n) is 1.63. The van der Waals surface area contributed by atoms with Crippen molar-refractivity contribution < 1.29 is 0 Å². The number of halogens is 1. The molecular weight excluding hydrogens is 230 g/mol. The van der Waals surface area contributed by atoms with Gasteiger partial charge in [-0.15, -0.1) is 22.0 Å². The van der Waals surface area contributed by atoms with Crippen molar-refractivity contribution in [1.82, 2.24) is 15.5 Å². The number of thioether (sulfide) groups is 1. The van der Waals surface area contributed by atoms with Crippen molar-refractivity contribution >= 4 is 23.4 Å². The lowest BCUT2D eigenvalue weighted by atomic mass is 10.0. The number of nitrogens with one attached hydrogen (secondary N) is 1. The molecule has 2 heterocycles. The van der Waals surface area contributed by atoms with Gasteiger partial charge in [-0.05, 0) is 44.0 Å². The predicted octanol–water partition coefficient (Wildman–Crippen LogP) is 2.22. The average Bonchev–Trinajstić information content (AvgIpc) is 2.30. The number of aromatic nitrogens is 2. The van der Waals surface area contributed by atoms with Gasteiger partial charge < -0.3 is 5.32 Å². The van der Waals surface area contributed by atoms with Crippen LogP contribution in [0.5, 0.6) is 0 Å². The van der Waals surface area contributed by atoms with Gasteiger partial charge in [0.1, 0.15) is 5.03 Å². The first-order chi connectivity index (χ1) is 7.34. The molecular formula is C10H14ClN3S. The van der Waals surface area contributed by atoms with E-state index in [1.807, 2.05) is 6.07 Å². The molecule has 0 radical (unpaired) electrons. The summed E-state index contributed by atoms with van der Waals surface area (Å²) in [7, 11) is 0. The number of nitrogens with zero attached hydrogens (tertiary/aromatic N) is 2. The van der Waals surface area contributed by atoms with Crippen molar-refractivity contribution in [3.63, 3.8) is 0 Å². The van der Waals surface area contributed by atoms with Gasteiger partial charge in [0.15, 0.2) is 5.15 Å². The van der Waals surface area contributed by atoms with Gasteiger partial charge in [-0.25, -0.2) is 0 Å². The Morgan fingerprint density at radius 1 is 1.33 bits per heavy atom. The van der Waals surface area contributed by atoms with E-state index < -0.39 is 0 Å². The monoisotopic (exact) mass is 243 g/mol. The maximum atomic E-state index is 5.67. The quantitative estimate of drug-likeness (QED) is 0.827. The third-order valence-electron chi connectivity index (χ3n) is 2.53. The zero-order valence-corrected chi connectivity index (χ0v) is 10.0. The van der Waals surface area contributed by atoms with Gasteiger partial charge in [0.05, 0.1) is 0 Å². The van der Waals surface area contributed by atoms with Crippen molar-refractivity contribution in [3.8, 4) is 0 Å². The number of hydrogen-bond donors (Lipinski definition) is 1. The van der Waals surface area contributed by atoms with Crippen LogP contribution in [0.3, 0.4) is 0 Å². The molecule has 1 saturated heterocycles. The Morgan fingerprint density at radius 3 is 2.80 bits per heavy atom. The van der Waals surface area contributed by atoms with Crippen LogP contribution in [0.4, 0.5) is 0 Å². The molecule has 1 aliphatic heterocycles. The first kappa shape index (κ1) is 11.2. The summed E-state index contributed by atoms with van der Waals surface area (Å²) < 4.78 is 0. The Hall–Kier alpha value is -0.320. The molecule has 0 aliphatic carbocycles. The zero-order valence-electron chi connectivity index (χ0n) is 8.45. The van der Waals surface area contributed by atoms with E-state index in [0.717, 1.165) is 29.8 Å². The van der Waals surface area contributed by atoms with E-state index in [9.17, 15) is 0 Å². The van der Waals surface area contributed by atoms with E-state index in [2.05, 4.69) is 15.5 Å². The topological polar surface area (TPSA) is 37.8 Å². The lowest BCUT2D eigenvalue weighted by Gasteiger charge is -2.21. The second kappa shape index (κ2) is 5.68. The minimum absolute atomic E-state index is 0.459. The lowest BCUT2D eigenvalue weighted by Crippen LogP contribution is -2.28. The molecule has 0 amide bonds. The predicted molar refractivity (Wildman–Crippen MR) is 63.4 cm³/mol. The van der Waals surface area contributed by atoms with Crippen LogP contribution in [-0.4, -0.2) is 29.0 Å². The van der Waals surface area contributed by atoms with Gasteiger partial charge in [0.2, 0.25) is 0 Å². The molecule has 0 bridgehead atoms. The largest absolute Gasteiger partial charge is 0.317 e. The van der Waals surface area contributed by atoms with Crippen LogP contribution >= 0.6 is 23.4 Å². The van der Waals surface area contributed by atoms with Gasteiger partial charge >= 0.3 is 0 Å². The fraction of sp³-hybridized carbons (Fsp3) is 0.600. The van der Waals surface area contributed by atoms with Gasteiger partial charge in [-0.2, -0.15) is 0 Å². The number of rotatable bonds is 3. The average molecular weight is 244 g/mol. The third-order valence-corrected chi connectivity index (χ3v) is 3.89. The SMILES string of the molecule is Clc1ccc(SCC2CCNCC2)nn1. The highest BCUT2D eigenvalue weighted by molar-refractivity contribution is 7.99. The molecule has 1 fully saturated rings. The maximum Gasteiger partial charge on any atom is 0.151 e. The number of piperidine rings is 1. The summed E-state index contributed by atoms with van der Waals surface area (Å²) in [6, 6.07) is 3.72. The standard InChI is InChI=1S/C10H14ClN3S/c11-9-1-2-10(14-13-9)15-7-8-3-5-12-6-4-8/h1-2,8,12H,3-7H2. The second-order valence-electron chi connectivity index (χ2n) is 3.70. The van der Waals surface area contributed by atoms with Gasteiger partial charge in [-0.3, -0.25) is 0 Å². The summed E-state index contributed by atoms with van der Waals surface area (Å²) in [6.45, 7) is 2.30. The van der Waals surface area contributed by atoms with E-state index >= 15 is 0 Å². The molecule has 1 aromatic heterocycles. The summed E-state index contributed by atoms with van der Waals surface area (Å²) >= 11 is 7.45. The Labute approximate surface area is 99.0 Å². The minimum atomic E-state index is 0.459. The highest BCUT2D eigenvalue weighted by Crippen LogP contribution is 2.23. The van der Waals surface area contributed by atoms with Crippen LogP contribution in [0.25, 0.3) is 0 Å².